The highest BCUT2D eigenvalue weighted by Crippen LogP contribution is 2.34. The minimum atomic E-state index is -3.76. The van der Waals surface area contributed by atoms with Gasteiger partial charge < -0.3 is 4.90 Å². The summed E-state index contributed by atoms with van der Waals surface area (Å²) in [4.78, 5) is 12.8. The van der Waals surface area contributed by atoms with Gasteiger partial charge in [0.05, 0.1) is 16.1 Å². The van der Waals surface area contributed by atoms with E-state index >= 15 is 0 Å². The average Bonchev–Trinajstić information content (AvgIpc) is 2.67. The Labute approximate surface area is 171 Å². The molecule has 29 heavy (non-hydrogen) atoms. The third kappa shape index (κ3) is 5.24. The van der Waals surface area contributed by atoms with E-state index in [1.54, 1.807) is 4.90 Å². The van der Waals surface area contributed by atoms with Crippen molar-refractivity contribution in [1.29, 1.82) is 0 Å². The summed E-state index contributed by atoms with van der Waals surface area (Å²) in [5.41, 5.74) is 0.100. The minimum absolute atomic E-state index is 0.0662. The Kier molecular flexibility index (Phi) is 6.46. The van der Waals surface area contributed by atoms with Gasteiger partial charge in [-0.3, -0.25) is 10.1 Å². The van der Waals surface area contributed by atoms with Crippen LogP contribution in [0.4, 0.5) is 11.4 Å². The van der Waals surface area contributed by atoms with Gasteiger partial charge in [-0.1, -0.05) is 6.42 Å². The van der Waals surface area contributed by atoms with E-state index in [0.29, 0.717) is 44.7 Å². The van der Waals surface area contributed by atoms with Crippen LogP contribution in [-0.4, -0.2) is 64.5 Å². The SMILES string of the molecule is CS(=O)(=O)NC1CCN(c2ccc(S(=O)(=O)N3CCCCC3)cc2[N+](=O)[O-])CC1. The maximum atomic E-state index is 12.9. The van der Waals surface area contributed by atoms with Crippen LogP contribution in [0.5, 0.6) is 0 Å². The van der Waals surface area contributed by atoms with Crippen molar-refractivity contribution in [2.24, 2.45) is 0 Å². The summed E-state index contributed by atoms with van der Waals surface area (Å²) < 4.78 is 52.4. The second-order valence-corrected chi connectivity index (χ2v) is 11.2. The first-order valence-corrected chi connectivity index (χ1v) is 12.9. The second kappa shape index (κ2) is 8.54. The molecule has 0 radical (unpaired) electrons. The molecule has 2 heterocycles. The Hall–Kier alpha value is -1.76. The largest absolute Gasteiger partial charge is 0.366 e. The molecule has 0 spiro atoms. The average molecular weight is 447 g/mol. The van der Waals surface area contributed by atoms with Crippen molar-refractivity contribution < 1.29 is 21.8 Å². The van der Waals surface area contributed by atoms with Crippen LogP contribution in [0.2, 0.25) is 0 Å². The van der Waals surface area contributed by atoms with Gasteiger partial charge in [0, 0.05) is 38.3 Å². The quantitative estimate of drug-likeness (QED) is 0.515. The first kappa shape index (κ1) is 21.9. The molecule has 0 atom stereocenters. The molecule has 10 nitrogen and oxygen atoms in total. The van der Waals surface area contributed by atoms with Gasteiger partial charge in [0.2, 0.25) is 20.0 Å². The molecule has 0 bridgehead atoms. The lowest BCUT2D eigenvalue weighted by molar-refractivity contribution is -0.384. The number of hydrogen-bond donors (Lipinski definition) is 1. The molecule has 0 amide bonds. The van der Waals surface area contributed by atoms with E-state index < -0.39 is 25.0 Å². The van der Waals surface area contributed by atoms with Gasteiger partial charge in [-0.25, -0.2) is 21.6 Å². The minimum Gasteiger partial charge on any atom is -0.366 e. The van der Waals surface area contributed by atoms with Crippen molar-refractivity contribution in [3.8, 4) is 0 Å². The first-order valence-electron chi connectivity index (χ1n) is 9.59. The van der Waals surface area contributed by atoms with Crippen LogP contribution in [0.25, 0.3) is 0 Å². The zero-order chi connectivity index (χ0) is 21.2. The van der Waals surface area contributed by atoms with E-state index in [-0.39, 0.29) is 16.6 Å². The molecule has 12 heteroatoms. The first-order chi connectivity index (χ1) is 13.6. The number of nitro benzene ring substituents is 1. The Bertz CT molecular complexity index is 966. The molecule has 2 saturated heterocycles. The van der Waals surface area contributed by atoms with Crippen LogP contribution < -0.4 is 9.62 Å². The van der Waals surface area contributed by atoms with E-state index in [1.807, 2.05) is 0 Å². The summed E-state index contributed by atoms with van der Waals surface area (Å²) in [6.07, 6.45) is 4.68. The molecule has 2 fully saturated rings. The summed E-state index contributed by atoms with van der Waals surface area (Å²) in [5, 5.41) is 11.7. The Balaban J connectivity index is 1.81. The van der Waals surface area contributed by atoms with E-state index in [2.05, 4.69) is 4.72 Å². The van der Waals surface area contributed by atoms with Crippen LogP contribution in [0.15, 0.2) is 23.1 Å². The van der Waals surface area contributed by atoms with Crippen molar-refractivity contribution in [3.05, 3.63) is 28.3 Å². The number of benzene rings is 1. The van der Waals surface area contributed by atoms with Crippen LogP contribution in [-0.2, 0) is 20.0 Å². The van der Waals surface area contributed by atoms with Crippen molar-refractivity contribution in [1.82, 2.24) is 9.03 Å². The van der Waals surface area contributed by atoms with Gasteiger partial charge in [-0.15, -0.1) is 0 Å². The highest BCUT2D eigenvalue weighted by molar-refractivity contribution is 7.89. The number of nitrogens with one attached hydrogen (secondary N) is 1. The van der Waals surface area contributed by atoms with Gasteiger partial charge in [0.1, 0.15) is 5.69 Å². The van der Waals surface area contributed by atoms with E-state index in [0.717, 1.165) is 31.6 Å². The molecule has 1 N–H and O–H groups in total. The standard InChI is InChI=1S/C17H26N4O6S2/c1-28(24,25)18-14-7-11-19(12-8-14)16-6-5-15(13-17(16)21(22)23)29(26,27)20-9-3-2-4-10-20/h5-6,13-14,18H,2-4,7-12H2,1H3. The number of nitrogens with zero attached hydrogens (tertiary/aromatic N) is 3. The zero-order valence-electron chi connectivity index (χ0n) is 16.3. The number of nitro groups is 1. The van der Waals surface area contributed by atoms with Gasteiger partial charge in [-0.2, -0.15) is 4.31 Å². The summed E-state index contributed by atoms with van der Waals surface area (Å²) >= 11 is 0. The van der Waals surface area contributed by atoms with Gasteiger partial charge >= 0.3 is 0 Å². The molecular weight excluding hydrogens is 420 g/mol. The van der Waals surface area contributed by atoms with Crippen LogP contribution in [0.3, 0.4) is 0 Å². The molecule has 3 rings (SSSR count). The van der Waals surface area contributed by atoms with Crippen LogP contribution >= 0.6 is 0 Å². The highest BCUT2D eigenvalue weighted by atomic mass is 32.2. The van der Waals surface area contributed by atoms with Crippen molar-refractivity contribution in [3.63, 3.8) is 0 Å². The number of anilines is 1. The monoisotopic (exact) mass is 446 g/mol. The van der Waals surface area contributed by atoms with Crippen molar-refractivity contribution in [2.75, 3.05) is 37.3 Å². The van der Waals surface area contributed by atoms with E-state index in [9.17, 15) is 26.9 Å². The van der Waals surface area contributed by atoms with E-state index in [1.165, 1.54) is 16.4 Å². The smallest absolute Gasteiger partial charge is 0.293 e. The number of sulfonamides is 2. The lowest BCUT2D eigenvalue weighted by Crippen LogP contribution is -2.44. The van der Waals surface area contributed by atoms with Crippen LogP contribution in [0.1, 0.15) is 32.1 Å². The third-order valence-electron chi connectivity index (χ3n) is 5.31. The third-order valence-corrected chi connectivity index (χ3v) is 7.97. The number of rotatable bonds is 6. The van der Waals surface area contributed by atoms with Crippen molar-refractivity contribution in [2.45, 2.75) is 43.0 Å². The van der Waals surface area contributed by atoms with Crippen LogP contribution in [0, 0.1) is 10.1 Å². The zero-order valence-corrected chi connectivity index (χ0v) is 17.9. The molecule has 2 aliphatic heterocycles. The topological polar surface area (TPSA) is 130 Å². The second-order valence-electron chi connectivity index (χ2n) is 7.52. The molecule has 1 aromatic carbocycles. The summed E-state index contributed by atoms with van der Waals surface area (Å²) in [6.45, 7) is 1.73. The predicted octanol–water partition coefficient (Wildman–Crippen LogP) is 1.29. The molecule has 1 aromatic rings. The fourth-order valence-electron chi connectivity index (χ4n) is 3.87. The molecular formula is C17H26N4O6S2. The van der Waals surface area contributed by atoms with Gasteiger partial charge in [-0.05, 0) is 37.8 Å². The summed E-state index contributed by atoms with van der Waals surface area (Å²) in [7, 11) is -7.07. The molecule has 2 aliphatic rings. The predicted molar refractivity (Wildman–Crippen MR) is 109 cm³/mol. The molecule has 0 saturated carbocycles. The number of piperidine rings is 2. The lowest BCUT2D eigenvalue weighted by atomic mass is 10.1. The maximum Gasteiger partial charge on any atom is 0.293 e. The van der Waals surface area contributed by atoms with Gasteiger partial charge in [0.15, 0.2) is 0 Å². The lowest BCUT2D eigenvalue weighted by Gasteiger charge is -2.33. The number of hydrogen-bond acceptors (Lipinski definition) is 7. The van der Waals surface area contributed by atoms with Crippen molar-refractivity contribution >= 4 is 31.4 Å². The highest BCUT2D eigenvalue weighted by Gasteiger charge is 2.31. The fourth-order valence-corrected chi connectivity index (χ4v) is 6.25. The molecule has 0 aromatic heterocycles. The maximum absolute atomic E-state index is 12.9. The summed E-state index contributed by atoms with van der Waals surface area (Å²) in [6, 6.07) is 3.84. The molecule has 0 unspecified atom stereocenters. The molecule has 0 aliphatic carbocycles. The van der Waals surface area contributed by atoms with E-state index in [4.69, 9.17) is 0 Å². The fraction of sp³-hybridized carbons (Fsp3) is 0.647. The Morgan fingerprint density at radius 2 is 1.66 bits per heavy atom. The Morgan fingerprint density at radius 3 is 2.21 bits per heavy atom. The normalized spacial score (nSPS) is 20.0. The molecule has 162 valence electrons. The van der Waals surface area contributed by atoms with Gasteiger partial charge in [0.25, 0.3) is 5.69 Å². The summed E-state index contributed by atoms with van der Waals surface area (Å²) in [5.74, 6) is 0. The Morgan fingerprint density at radius 1 is 1.03 bits per heavy atom.